The number of nitrogens with zero attached hydrogens (tertiary/aromatic N) is 2. The van der Waals surface area contributed by atoms with E-state index in [4.69, 9.17) is 9.72 Å². The summed E-state index contributed by atoms with van der Waals surface area (Å²) in [6.45, 7) is 11.7. The van der Waals surface area contributed by atoms with Crippen molar-refractivity contribution < 1.29 is 4.74 Å². The molecule has 0 aliphatic carbocycles. The first-order valence-corrected chi connectivity index (χ1v) is 13.0. The molecule has 1 aromatic heterocycles. The summed E-state index contributed by atoms with van der Waals surface area (Å²) < 4.78 is 6.01. The van der Waals surface area contributed by atoms with Crippen molar-refractivity contribution >= 4 is 0 Å². The molecule has 0 saturated carbocycles. The van der Waals surface area contributed by atoms with Crippen LogP contribution in [0.1, 0.15) is 74.3 Å². The predicted octanol–water partition coefficient (Wildman–Crippen LogP) is 7.77. The minimum Gasteiger partial charge on any atom is -0.496 e. The van der Waals surface area contributed by atoms with Gasteiger partial charge in [-0.1, -0.05) is 88.6 Å². The third kappa shape index (κ3) is 6.48. The van der Waals surface area contributed by atoms with Crippen LogP contribution < -0.4 is 4.74 Å². The summed E-state index contributed by atoms with van der Waals surface area (Å²) in [6.07, 6.45) is 9.11. The monoisotopic (exact) mass is 458 g/mol. The molecule has 3 nitrogen and oxygen atoms in total. The molecule has 0 radical (unpaired) electrons. The molecule has 0 aliphatic heterocycles. The Morgan fingerprint density at radius 2 is 1.50 bits per heavy atom. The number of hydrogen-bond acceptors (Lipinski definition) is 3. The standard InChI is InChI=1S/C31H42N2O/c1-6-9-10-14-20-33(22-25-16-12-11-13-17-25)23-28-21-32-30(24(4)31(28)34-5)29-26(7-2)18-15-19-27(29)8-3/h11-13,15-19,21H,6-10,14,20,22-23H2,1-5H3. The molecule has 0 spiro atoms. The fourth-order valence-electron chi connectivity index (χ4n) is 4.90. The van der Waals surface area contributed by atoms with Crippen LogP contribution in [0.25, 0.3) is 11.3 Å². The van der Waals surface area contributed by atoms with Gasteiger partial charge in [-0.05, 0) is 49.4 Å². The van der Waals surface area contributed by atoms with Gasteiger partial charge >= 0.3 is 0 Å². The number of rotatable bonds is 13. The molecule has 3 aromatic rings. The van der Waals surface area contributed by atoms with E-state index in [2.05, 4.69) is 87.3 Å². The minimum absolute atomic E-state index is 0.842. The maximum atomic E-state index is 6.01. The molecule has 0 aliphatic rings. The van der Waals surface area contributed by atoms with Gasteiger partial charge in [0.1, 0.15) is 5.75 Å². The molecule has 1 heterocycles. The molecule has 0 saturated heterocycles. The zero-order valence-corrected chi connectivity index (χ0v) is 21.9. The number of methoxy groups -OCH3 is 1. The third-order valence-electron chi connectivity index (χ3n) is 6.75. The van der Waals surface area contributed by atoms with Gasteiger partial charge in [0.2, 0.25) is 0 Å². The maximum Gasteiger partial charge on any atom is 0.129 e. The lowest BCUT2D eigenvalue weighted by Crippen LogP contribution is -2.24. The van der Waals surface area contributed by atoms with Crippen LogP contribution in [-0.4, -0.2) is 23.5 Å². The Morgan fingerprint density at radius 1 is 0.794 bits per heavy atom. The molecule has 0 atom stereocenters. The second-order valence-electron chi connectivity index (χ2n) is 9.21. The normalized spacial score (nSPS) is 11.2. The van der Waals surface area contributed by atoms with Crippen molar-refractivity contribution in [2.45, 2.75) is 79.3 Å². The number of unbranched alkanes of at least 4 members (excludes halogenated alkanes) is 3. The molecule has 0 amide bonds. The summed E-state index contributed by atoms with van der Waals surface area (Å²) >= 11 is 0. The Hall–Kier alpha value is -2.65. The van der Waals surface area contributed by atoms with E-state index in [0.717, 1.165) is 49.5 Å². The Morgan fingerprint density at radius 3 is 2.12 bits per heavy atom. The first kappa shape index (κ1) is 26.0. The molecular formula is C31H42N2O. The van der Waals surface area contributed by atoms with Gasteiger partial charge in [0, 0.05) is 36.0 Å². The first-order valence-electron chi connectivity index (χ1n) is 13.0. The summed E-state index contributed by atoms with van der Waals surface area (Å²) in [4.78, 5) is 7.58. The van der Waals surface area contributed by atoms with Gasteiger partial charge in [0.25, 0.3) is 0 Å². The topological polar surface area (TPSA) is 25.4 Å². The number of pyridine rings is 1. The van der Waals surface area contributed by atoms with Crippen molar-refractivity contribution in [2.75, 3.05) is 13.7 Å². The van der Waals surface area contributed by atoms with E-state index >= 15 is 0 Å². The summed E-state index contributed by atoms with van der Waals surface area (Å²) in [7, 11) is 1.80. The highest BCUT2D eigenvalue weighted by Crippen LogP contribution is 2.36. The number of ether oxygens (including phenoxy) is 1. The highest BCUT2D eigenvalue weighted by Gasteiger charge is 2.19. The van der Waals surface area contributed by atoms with Gasteiger partial charge in [0.05, 0.1) is 12.8 Å². The van der Waals surface area contributed by atoms with E-state index < -0.39 is 0 Å². The lowest BCUT2D eigenvalue weighted by molar-refractivity contribution is 0.246. The molecule has 182 valence electrons. The van der Waals surface area contributed by atoms with Gasteiger partial charge in [-0.15, -0.1) is 0 Å². The van der Waals surface area contributed by atoms with Crippen LogP contribution in [0.15, 0.2) is 54.7 Å². The molecule has 3 heteroatoms. The number of aromatic nitrogens is 1. The van der Waals surface area contributed by atoms with E-state index in [9.17, 15) is 0 Å². The van der Waals surface area contributed by atoms with Crippen molar-refractivity contribution in [3.63, 3.8) is 0 Å². The Kier molecular flexibility index (Phi) is 10.2. The van der Waals surface area contributed by atoms with Gasteiger partial charge in [-0.3, -0.25) is 9.88 Å². The molecule has 0 bridgehead atoms. The summed E-state index contributed by atoms with van der Waals surface area (Å²) in [6, 6.07) is 17.4. The summed E-state index contributed by atoms with van der Waals surface area (Å²) in [5, 5.41) is 0. The van der Waals surface area contributed by atoms with Crippen molar-refractivity contribution in [3.05, 3.63) is 82.5 Å². The summed E-state index contributed by atoms with van der Waals surface area (Å²) in [5.74, 6) is 0.976. The van der Waals surface area contributed by atoms with Crippen LogP contribution in [0.4, 0.5) is 0 Å². The van der Waals surface area contributed by atoms with Crippen LogP contribution in [0.2, 0.25) is 0 Å². The average Bonchev–Trinajstić information content (AvgIpc) is 2.87. The Labute approximate surface area is 207 Å². The molecule has 3 rings (SSSR count). The number of benzene rings is 2. The minimum atomic E-state index is 0.842. The van der Waals surface area contributed by atoms with Crippen molar-refractivity contribution in [1.29, 1.82) is 0 Å². The fraction of sp³-hybridized carbons (Fsp3) is 0.452. The second-order valence-corrected chi connectivity index (χ2v) is 9.21. The SMILES string of the molecule is CCCCCCN(Cc1ccccc1)Cc1cnc(-c2c(CC)cccc2CC)c(C)c1OC. The van der Waals surface area contributed by atoms with Gasteiger partial charge < -0.3 is 4.74 Å². The van der Waals surface area contributed by atoms with Crippen LogP contribution >= 0.6 is 0 Å². The van der Waals surface area contributed by atoms with E-state index in [1.54, 1.807) is 7.11 Å². The number of aryl methyl sites for hydroxylation is 2. The van der Waals surface area contributed by atoms with E-state index in [-0.39, 0.29) is 0 Å². The average molecular weight is 459 g/mol. The highest BCUT2D eigenvalue weighted by molar-refractivity contribution is 5.73. The van der Waals surface area contributed by atoms with Crippen molar-refractivity contribution in [3.8, 4) is 17.0 Å². The quantitative estimate of drug-likeness (QED) is 0.245. The van der Waals surface area contributed by atoms with Gasteiger partial charge in [0.15, 0.2) is 0 Å². The molecular weight excluding hydrogens is 416 g/mol. The van der Waals surface area contributed by atoms with Crippen LogP contribution in [-0.2, 0) is 25.9 Å². The largest absolute Gasteiger partial charge is 0.496 e. The fourth-order valence-corrected chi connectivity index (χ4v) is 4.90. The molecule has 2 aromatic carbocycles. The zero-order chi connectivity index (χ0) is 24.3. The first-order chi connectivity index (χ1) is 16.6. The van der Waals surface area contributed by atoms with Crippen LogP contribution in [0.3, 0.4) is 0 Å². The molecule has 0 unspecified atom stereocenters. The van der Waals surface area contributed by atoms with E-state index in [0.29, 0.717) is 0 Å². The smallest absolute Gasteiger partial charge is 0.129 e. The third-order valence-corrected chi connectivity index (χ3v) is 6.75. The van der Waals surface area contributed by atoms with Gasteiger partial charge in [-0.2, -0.15) is 0 Å². The second kappa shape index (κ2) is 13.3. The lowest BCUT2D eigenvalue weighted by Gasteiger charge is -2.25. The highest BCUT2D eigenvalue weighted by atomic mass is 16.5. The van der Waals surface area contributed by atoms with Crippen LogP contribution in [0, 0.1) is 6.92 Å². The maximum absolute atomic E-state index is 6.01. The van der Waals surface area contributed by atoms with Crippen molar-refractivity contribution in [1.82, 2.24) is 9.88 Å². The Balaban J connectivity index is 1.93. The van der Waals surface area contributed by atoms with Crippen LogP contribution in [0.5, 0.6) is 5.75 Å². The predicted molar refractivity (Wildman–Crippen MR) is 144 cm³/mol. The summed E-state index contributed by atoms with van der Waals surface area (Å²) in [5.41, 5.74) is 8.71. The molecule has 0 fully saturated rings. The van der Waals surface area contributed by atoms with Crippen molar-refractivity contribution in [2.24, 2.45) is 0 Å². The number of hydrogen-bond donors (Lipinski definition) is 0. The van der Waals surface area contributed by atoms with Gasteiger partial charge in [-0.25, -0.2) is 0 Å². The Bertz CT molecular complexity index is 1010. The lowest BCUT2D eigenvalue weighted by atomic mass is 9.92. The zero-order valence-electron chi connectivity index (χ0n) is 21.9. The molecule has 0 N–H and O–H groups in total. The molecule has 34 heavy (non-hydrogen) atoms. The van der Waals surface area contributed by atoms with E-state index in [1.807, 2.05) is 0 Å². The van der Waals surface area contributed by atoms with E-state index in [1.165, 1.54) is 53.5 Å².